The molecule has 1 aliphatic heterocycles. The number of ether oxygens (including phenoxy) is 1. The molecule has 2 rings (SSSR count). The number of nitrogens with one attached hydrogen (secondary N) is 2. The molecule has 122 valence electrons. The second-order valence-corrected chi connectivity index (χ2v) is 7.44. The lowest BCUT2D eigenvalue weighted by Gasteiger charge is -2.09. The van der Waals surface area contributed by atoms with Crippen LogP contribution in [0, 0.1) is 5.92 Å². The Morgan fingerprint density at radius 3 is 2.95 bits per heavy atom. The monoisotopic (exact) mass is 344 g/mol. The van der Waals surface area contributed by atoms with E-state index in [0.29, 0.717) is 16.0 Å². The van der Waals surface area contributed by atoms with Gasteiger partial charge in [-0.2, -0.15) is 0 Å². The summed E-state index contributed by atoms with van der Waals surface area (Å²) < 4.78 is 6.10. The van der Waals surface area contributed by atoms with E-state index in [1.165, 1.54) is 23.1 Å². The van der Waals surface area contributed by atoms with Crippen molar-refractivity contribution in [1.82, 2.24) is 15.5 Å². The van der Waals surface area contributed by atoms with Crippen molar-refractivity contribution in [2.24, 2.45) is 5.92 Å². The molecule has 1 aromatic rings. The van der Waals surface area contributed by atoms with Gasteiger partial charge in [0.1, 0.15) is 0 Å². The van der Waals surface area contributed by atoms with Gasteiger partial charge in [-0.1, -0.05) is 36.9 Å². The van der Waals surface area contributed by atoms with Crippen molar-refractivity contribution in [2.45, 2.75) is 37.1 Å². The molecule has 0 saturated carbocycles. The lowest BCUT2D eigenvalue weighted by molar-refractivity contribution is -0.119. The molecule has 1 aromatic heterocycles. The zero-order valence-electron chi connectivity index (χ0n) is 12.6. The first-order valence-corrected chi connectivity index (χ1v) is 9.00. The maximum atomic E-state index is 11.7. The van der Waals surface area contributed by atoms with E-state index in [0.717, 1.165) is 19.4 Å². The Labute approximate surface area is 137 Å². The van der Waals surface area contributed by atoms with Gasteiger partial charge in [0.2, 0.25) is 16.9 Å². The van der Waals surface area contributed by atoms with Crippen LogP contribution in [0.3, 0.4) is 0 Å². The van der Waals surface area contributed by atoms with E-state index in [1.807, 2.05) is 13.8 Å². The molecule has 22 heavy (non-hydrogen) atoms. The Morgan fingerprint density at radius 2 is 2.27 bits per heavy atom. The van der Waals surface area contributed by atoms with Gasteiger partial charge >= 0.3 is 0 Å². The summed E-state index contributed by atoms with van der Waals surface area (Å²) in [7, 11) is 0. The van der Waals surface area contributed by atoms with Gasteiger partial charge in [0, 0.05) is 19.1 Å². The topological polar surface area (TPSA) is 93.2 Å². The van der Waals surface area contributed by atoms with Crippen molar-refractivity contribution in [3.05, 3.63) is 0 Å². The predicted octanol–water partition coefficient (Wildman–Crippen LogP) is 1.52. The minimum Gasteiger partial charge on any atom is -0.376 e. The number of aromatic nitrogens is 2. The standard InChI is InChI=1S/C13H20N4O3S2/c1-8(2)11(19)15-12-16-17-13(22-12)21-7-10(18)14-6-9-4-3-5-20-9/h8-9H,3-7H2,1-2H3,(H,14,18)(H,15,16,19)/t9-/m1/s1. The van der Waals surface area contributed by atoms with Crippen LogP contribution in [0.25, 0.3) is 0 Å². The van der Waals surface area contributed by atoms with Crippen LogP contribution in [0.1, 0.15) is 26.7 Å². The maximum Gasteiger partial charge on any atom is 0.230 e. The molecule has 0 aliphatic carbocycles. The fourth-order valence-corrected chi connectivity index (χ4v) is 3.36. The van der Waals surface area contributed by atoms with Crippen LogP contribution in [0.5, 0.6) is 0 Å². The lowest BCUT2D eigenvalue weighted by atomic mass is 10.2. The molecule has 0 radical (unpaired) electrons. The number of thioether (sulfide) groups is 1. The van der Waals surface area contributed by atoms with Crippen LogP contribution in [0.15, 0.2) is 4.34 Å². The summed E-state index contributed by atoms with van der Waals surface area (Å²) in [6, 6.07) is 0. The smallest absolute Gasteiger partial charge is 0.230 e. The number of hydrogen-bond acceptors (Lipinski definition) is 7. The van der Waals surface area contributed by atoms with Crippen LogP contribution >= 0.6 is 23.1 Å². The fraction of sp³-hybridized carbons (Fsp3) is 0.692. The zero-order chi connectivity index (χ0) is 15.9. The average molecular weight is 344 g/mol. The summed E-state index contributed by atoms with van der Waals surface area (Å²) in [6.45, 7) is 4.96. The van der Waals surface area contributed by atoms with Gasteiger partial charge < -0.3 is 15.4 Å². The molecule has 1 atom stereocenters. The van der Waals surface area contributed by atoms with E-state index in [-0.39, 0.29) is 29.6 Å². The molecule has 1 saturated heterocycles. The second kappa shape index (κ2) is 8.44. The molecule has 0 unspecified atom stereocenters. The zero-order valence-corrected chi connectivity index (χ0v) is 14.3. The second-order valence-electron chi connectivity index (χ2n) is 5.24. The Bertz CT molecular complexity index is 515. The summed E-state index contributed by atoms with van der Waals surface area (Å²) in [5.74, 6) is 0.0218. The summed E-state index contributed by atoms with van der Waals surface area (Å²) in [6.07, 6.45) is 2.21. The Balaban J connectivity index is 1.68. The Kier molecular flexibility index (Phi) is 6.59. The number of carbonyl (C=O) groups is 2. The van der Waals surface area contributed by atoms with Crippen molar-refractivity contribution in [3.8, 4) is 0 Å². The third-order valence-electron chi connectivity index (χ3n) is 3.04. The third-order valence-corrected chi connectivity index (χ3v) is 5.01. The van der Waals surface area contributed by atoms with Crippen LogP contribution in [-0.2, 0) is 14.3 Å². The number of amides is 2. The van der Waals surface area contributed by atoms with Gasteiger partial charge in [0.05, 0.1) is 11.9 Å². The van der Waals surface area contributed by atoms with Crippen molar-refractivity contribution < 1.29 is 14.3 Å². The first-order valence-electron chi connectivity index (χ1n) is 7.20. The molecule has 7 nitrogen and oxygen atoms in total. The first kappa shape index (κ1) is 17.2. The summed E-state index contributed by atoms with van der Waals surface area (Å²) in [5, 5.41) is 13.8. The largest absolute Gasteiger partial charge is 0.376 e. The van der Waals surface area contributed by atoms with E-state index in [1.54, 1.807) is 0 Å². The molecular formula is C13H20N4O3S2. The molecule has 2 amide bonds. The van der Waals surface area contributed by atoms with Crippen LogP contribution < -0.4 is 10.6 Å². The molecular weight excluding hydrogens is 324 g/mol. The van der Waals surface area contributed by atoms with Crippen molar-refractivity contribution in [2.75, 3.05) is 24.2 Å². The highest BCUT2D eigenvalue weighted by molar-refractivity contribution is 8.01. The average Bonchev–Trinajstić information content (AvgIpc) is 3.14. The molecule has 1 aliphatic rings. The minimum absolute atomic E-state index is 0.0523. The van der Waals surface area contributed by atoms with Gasteiger partial charge in [-0.05, 0) is 12.8 Å². The molecule has 0 aromatic carbocycles. The number of hydrogen-bond donors (Lipinski definition) is 2. The summed E-state index contributed by atoms with van der Waals surface area (Å²) in [4.78, 5) is 23.3. The first-order chi connectivity index (χ1) is 10.5. The van der Waals surface area contributed by atoms with Crippen molar-refractivity contribution in [3.63, 3.8) is 0 Å². The quantitative estimate of drug-likeness (QED) is 0.575. The number of nitrogens with zero attached hydrogens (tertiary/aromatic N) is 2. The maximum absolute atomic E-state index is 11.7. The van der Waals surface area contributed by atoms with E-state index in [9.17, 15) is 9.59 Å². The highest BCUT2D eigenvalue weighted by atomic mass is 32.2. The van der Waals surface area contributed by atoms with Crippen LogP contribution in [-0.4, -0.2) is 47.0 Å². The van der Waals surface area contributed by atoms with Crippen molar-refractivity contribution >= 4 is 40.0 Å². The van der Waals surface area contributed by atoms with E-state index < -0.39 is 0 Å². The molecule has 1 fully saturated rings. The molecule has 2 heterocycles. The summed E-state index contributed by atoms with van der Waals surface area (Å²) in [5.41, 5.74) is 0. The van der Waals surface area contributed by atoms with Crippen molar-refractivity contribution in [1.29, 1.82) is 0 Å². The number of anilines is 1. The van der Waals surface area contributed by atoms with Gasteiger partial charge in [-0.3, -0.25) is 9.59 Å². The van der Waals surface area contributed by atoms with Gasteiger partial charge in [0.15, 0.2) is 4.34 Å². The lowest BCUT2D eigenvalue weighted by Crippen LogP contribution is -2.32. The number of carbonyl (C=O) groups excluding carboxylic acids is 2. The van der Waals surface area contributed by atoms with E-state index in [2.05, 4.69) is 20.8 Å². The summed E-state index contributed by atoms with van der Waals surface area (Å²) >= 11 is 2.58. The van der Waals surface area contributed by atoms with E-state index >= 15 is 0 Å². The fourth-order valence-electron chi connectivity index (χ4n) is 1.78. The minimum atomic E-state index is -0.108. The molecule has 0 bridgehead atoms. The van der Waals surface area contributed by atoms with Gasteiger partial charge in [-0.15, -0.1) is 10.2 Å². The van der Waals surface area contributed by atoms with E-state index in [4.69, 9.17) is 4.74 Å². The Morgan fingerprint density at radius 1 is 1.45 bits per heavy atom. The molecule has 9 heteroatoms. The highest BCUT2D eigenvalue weighted by Crippen LogP contribution is 2.25. The predicted molar refractivity (Wildman–Crippen MR) is 86.1 cm³/mol. The van der Waals surface area contributed by atoms with Gasteiger partial charge in [-0.25, -0.2) is 0 Å². The highest BCUT2D eigenvalue weighted by Gasteiger charge is 2.16. The number of rotatable bonds is 7. The van der Waals surface area contributed by atoms with Crippen LogP contribution in [0.2, 0.25) is 0 Å². The molecule has 2 N–H and O–H groups in total. The molecule has 0 spiro atoms. The SMILES string of the molecule is CC(C)C(=O)Nc1nnc(SCC(=O)NC[C@H]2CCCO2)s1. The van der Waals surface area contributed by atoms with Gasteiger partial charge in [0.25, 0.3) is 0 Å². The Hall–Kier alpha value is -1.19. The third kappa shape index (κ3) is 5.54. The van der Waals surface area contributed by atoms with Crippen LogP contribution in [0.4, 0.5) is 5.13 Å². The normalized spacial score (nSPS) is 17.7.